The fraction of sp³-hybridized carbons (Fsp3) is 0.647. The smallest absolute Gasteiger partial charge is 0.123 e. The summed E-state index contributed by atoms with van der Waals surface area (Å²) in [6, 6.07) is 8.92. The van der Waals surface area contributed by atoms with Gasteiger partial charge in [0.15, 0.2) is 0 Å². The molecule has 0 amide bonds. The van der Waals surface area contributed by atoms with Gasteiger partial charge >= 0.3 is 0 Å². The minimum absolute atomic E-state index is 0.297. The summed E-state index contributed by atoms with van der Waals surface area (Å²) >= 11 is 0. The monoisotopic (exact) mass is 261 g/mol. The molecule has 0 saturated heterocycles. The molecule has 0 fully saturated rings. The first kappa shape index (κ1) is 14.4. The molecular formula is C17H27NO. The maximum Gasteiger partial charge on any atom is 0.123 e. The number of hydrogen-bond acceptors (Lipinski definition) is 2. The van der Waals surface area contributed by atoms with Crippen LogP contribution in [0.1, 0.15) is 45.6 Å². The van der Waals surface area contributed by atoms with Crippen molar-refractivity contribution in [3.8, 4) is 5.75 Å². The number of para-hydroxylation sites is 1. The van der Waals surface area contributed by atoms with Crippen molar-refractivity contribution >= 4 is 0 Å². The normalized spacial score (nSPS) is 20.7. The predicted molar refractivity (Wildman–Crippen MR) is 80.7 cm³/mol. The maximum atomic E-state index is 6.17. The molecule has 1 N–H and O–H groups in total. The number of ether oxygens (including phenoxy) is 1. The lowest BCUT2D eigenvalue weighted by atomic mass is 9.90. The molecule has 0 saturated carbocycles. The Morgan fingerprint density at radius 2 is 2.05 bits per heavy atom. The molecule has 1 heterocycles. The lowest BCUT2D eigenvalue weighted by molar-refractivity contribution is 0.141. The number of hydrogen-bond donors (Lipinski definition) is 1. The van der Waals surface area contributed by atoms with Gasteiger partial charge < -0.3 is 10.1 Å². The van der Waals surface area contributed by atoms with Crippen LogP contribution in [0.3, 0.4) is 0 Å². The van der Waals surface area contributed by atoms with Crippen LogP contribution in [0, 0.1) is 5.92 Å². The Bertz CT molecular complexity index is 366. The summed E-state index contributed by atoms with van der Waals surface area (Å²) in [5, 5.41) is 3.71. The molecule has 1 aromatic rings. The zero-order valence-corrected chi connectivity index (χ0v) is 12.5. The van der Waals surface area contributed by atoms with Gasteiger partial charge in [0.25, 0.3) is 0 Å². The van der Waals surface area contributed by atoms with Crippen molar-refractivity contribution in [1.82, 2.24) is 5.32 Å². The molecule has 1 aliphatic heterocycles. The Morgan fingerprint density at radius 1 is 1.26 bits per heavy atom. The van der Waals surface area contributed by atoms with Crippen molar-refractivity contribution in [3.05, 3.63) is 29.8 Å². The van der Waals surface area contributed by atoms with E-state index in [-0.39, 0.29) is 0 Å². The van der Waals surface area contributed by atoms with Gasteiger partial charge in [0, 0.05) is 12.5 Å². The molecule has 2 heteroatoms. The molecule has 0 aliphatic carbocycles. The second-order valence-corrected chi connectivity index (χ2v) is 5.71. The van der Waals surface area contributed by atoms with Crippen molar-refractivity contribution in [2.75, 3.05) is 6.54 Å². The van der Waals surface area contributed by atoms with Crippen molar-refractivity contribution in [1.29, 1.82) is 0 Å². The molecule has 3 atom stereocenters. The van der Waals surface area contributed by atoms with Gasteiger partial charge in [-0.2, -0.15) is 0 Å². The lowest BCUT2D eigenvalue weighted by Crippen LogP contribution is -2.47. The van der Waals surface area contributed by atoms with Gasteiger partial charge in [-0.3, -0.25) is 0 Å². The molecule has 19 heavy (non-hydrogen) atoms. The van der Waals surface area contributed by atoms with Crippen LogP contribution in [0.4, 0.5) is 0 Å². The first-order chi connectivity index (χ1) is 9.26. The van der Waals surface area contributed by atoms with Crippen LogP contribution >= 0.6 is 0 Å². The minimum atomic E-state index is 0.297. The average molecular weight is 261 g/mol. The highest BCUT2D eigenvalue weighted by atomic mass is 16.5. The van der Waals surface area contributed by atoms with Crippen molar-refractivity contribution < 1.29 is 4.74 Å². The first-order valence-electron chi connectivity index (χ1n) is 7.74. The van der Waals surface area contributed by atoms with Crippen LogP contribution < -0.4 is 10.1 Å². The zero-order valence-electron chi connectivity index (χ0n) is 12.5. The Kier molecular flexibility index (Phi) is 5.26. The summed E-state index contributed by atoms with van der Waals surface area (Å²) in [6.45, 7) is 7.91. The topological polar surface area (TPSA) is 21.3 Å². The van der Waals surface area contributed by atoms with Gasteiger partial charge in [0.05, 0.1) is 0 Å². The Hall–Kier alpha value is -1.02. The van der Waals surface area contributed by atoms with E-state index in [0.717, 1.165) is 18.7 Å². The zero-order chi connectivity index (χ0) is 13.7. The van der Waals surface area contributed by atoms with Crippen LogP contribution in [0.15, 0.2) is 24.3 Å². The van der Waals surface area contributed by atoms with E-state index >= 15 is 0 Å². The van der Waals surface area contributed by atoms with E-state index in [9.17, 15) is 0 Å². The van der Waals surface area contributed by atoms with E-state index in [4.69, 9.17) is 4.74 Å². The van der Waals surface area contributed by atoms with Crippen molar-refractivity contribution in [3.63, 3.8) is 0 Å². The Morgan fingerprint density at radius 3 is 2.74 bits per heavy atom. The SMILES string of the molecule is CCCNC(C(C)CCC)C1Cc2ccccc2O1. The fourth-order valence-electron chi connectivity index (χ4n) is 3.05. The molecule has 0 spiro atoms. The molecule has 1 aromatic carbocycles. The van der Waals surface area contributed by atoms with Gasteiger partial charge in [0.1, 0.15) is 11.9 Å². The molecule has 0 radical (unpaired) electrons. The van der Waals surface area contributed by atoms with Gasteiger partial charge in [-0.25, -0.2) is 0 Å². The second-order valence-electron chi connectivity index (χ2n) is 5.71. The molecule has 1 aliphatic rings. The van der Waals surface area contributed by atoms with Crippen LogP contribution in [-0.2, 0) is 6.42 Å². The lowest BCUT2D eigenvalue weighted by Gasteiger charge is -2.30. The first-order valence-corrected chi connectivity index (χ1v) is 7.74. The van der Waals surface area contributed by atoms with E-state index in [0.29, 0.717) is 18.1 Å². The van der Waals surface area contributed by atoms with Gasteiger partial charge in [-0.05, 0) is 36.9 Å². The second kappa shape index (κ2) is 6.95. The van der Waals surface area contributed by atoms with E-state index in [1.807, 2.05) is 0 Å². The predicted octanol–water partition coefficient (Wildman–Crippen LogP) is 3.79. The van der Waals surface area contributed by atoms with Crippen molar-refractivity contribution in [2.45, 2.75) is 58.6 Å². The van der Waals surface area contributed by atoms with Gasteiger partial charge in [-0.1, -0.05) is 45.4 Å². The molecule has 3 unspecified atom stereocenters. The third kappa shape index (κ3) is 3.50. The number of benzene rings is 1. The summed E-state index contributed by atoms with van der Waals surface area (Å²) in [6.07, 6.45) is 5.02. The highest BCUT2D eigenvalue weighted by molar-refractivity contribution is 5.37. The summed E-state index contributed by atoms with van der Waals surface area (Å²) in [5.74, 6) is 1.75. The quantitative estimate of drug-likeness (QED) is 0.806. The number of fused-ring (bicyclic) bond motifs is 1. The number of nitrogens with one attached hydrogen (secondary N) is 1. The molecule has 0 aromatic heterocycles. The molecule has 2 rings (SSSR count). The van der Waals surface area contributed by atoms with E-state index < -0.39 is 0 Å². The average Bonchev–Trinajstić information content (AvgIpc) is 2.83. The summed E-state index contributed by atoms with van der Waals surface area (Å²) in [7, 11) is 0. The van der Waals surface area contributed by atoms with Crippen LogP contribution in [-0.4, -0.2) is 18.7 Å². The Balaban J connectivity index is 2.04. The maximum absolute atomic E-state index is 6.17. The third-order valence-corrected chi connectivity index (χ3v) is 4.06. The van der Waals surface area contributed by atoms with Gasteiger partial charge in [0.2, 0.25) is 0 Å². The van der Waals surface area contributed by atoms with Crippen LogP contribution in [0.5, 0.6) is 5.75 Å². The summed E-state index contributed by atoms with van der Waals surface area (Å²) < 4.78 is 6.17. The number of rotatable bonds is 7. The molecule has 106 valence electrons. The van der Waals surface area contributed by atoms with Gasteiger partial charge in [-0.15, -0.1) is 0 Å². The summed E-state index contributed by atoms with van der Waals surface area (Å²) in [5.41, 5.74) is 1.36. The fourth-order valence-corrected chi connectivity index (χ4v) is 3.05. The van der Waals surface area contributed by atoms with E-state index in [1.165, 1.54) is 24.8 Å². The highest BCUT2D eigenvalue weighted by Crippen LogP contribution is 2.31. The highest BCUT2D eigenvalue weighted by Gasteiger charge is 2.32. The summed E-state index contributed by atoms with van der Waals surface area (Å²) in [4.78, 5) is 0. The third-order valence-electron chi connectivity index (χ3n) is 4.06. The molecule has 2 nitrogen and oxygen atoms in total. The molecular weight excluding hydrogens is 234 g/mol. The largest absolute Gasteiger partial charge is 0.488 e. The van der Waals surface area contributed by atoms with Crippen LogP contribution in [0.2, 0.25) is 0 Å². The minimum Gasteiger partial charge on any atom is -0.488 e. The van der Waals surface area contributed by atoms with Crippen molar-refractivity contribution in [2.24, 2.45) is 5.92 Å². The molecule has 0 bridgehead atoms. The van der Waals surface area contributed by atoms with Crippen LogP contribution in [0.25, 0.3) is 0 Å². The standard InChI is InChI=1S/C17H27NO/c1-4-8-13(3)17(18-11-5-2)16-12-14-9-6-7-10-15(14)19-16/h6-7,9-10,13,16-18H,4-5,8,11-12H2,1-3H3. The van der Waals surface area contributed by atoms with E-state index in [1.54, 1.807) is 0 Å². The van der Waals surface area contributed by atoms with E-state index in [2.05, 4.69) is 50.4 Å². The Labute approximate surface area is 117 Å².